The minimum atomic E-state index is 0. The van der Waals surface area contributed by atoms with Crippen LogP contribution in [0.3, 0.4) is 0 Å². The number of carbonyl (C=O) groups excluding carboxylic acids is 1. The number of hydrogen-bond donors (Lipinski definition) is 2. The van der Waals surface area contributed by atoms with E-state index >= 15 is 0 Å². The first-order valence-corrected chi connectivity index (χ1v) is 7.35. The Morgan fingerprint density at radius 1 is 1.48 bits per heavy atom. The van der Waals surface area contributed by atoms with Crippen LogP contribution in [-0.4, -0.2) is 55.2 Å². The molecule has 0 radical (unpaired) electrons. The predicted molar refractivity (Wildman–Crippen MR) is 84.1 cm³/mol. The maximum absolute atomic E-state index is 11.8. The third-order valence-electron chi connectivity index (χ3n) is 3.50. The quantitative estimate of drug-likeness (QED) is 0.811. The average molecular weight is 337 g/mol. The molecular formula is C13H22Cl2N4O2. The Kier molecular flexibility index (Phi) is 8.03. The molecule has 1 aliphatic heterocycles. The monoisotopic (exact) mass is 336 g/mol. The van der Waals surface area contributed by atoms with E-state index in [9.17, 15) is 4.79 Å². The number of rotatable bonds is 6. The summed E-state index contributed by atoms with van der Waals surface area (Å²) in [6.07, 6.45) is 0.969. The van der Waals surface area contributed by atoms with E-state index in [4.69, 9.17) is 16.1 Å². The molecule has 1 aliphatic rings. The van der Waals surface area contributed by atoms with Crippen molar-refractivity contribution in [3.8, 4) is 0 Å². The summed E-state index contributed by atoms with van der Waals surface area (Å²) in [5.41, 5.74) is 1.58. The average Bonchev–Trinajstić information content (AvgIpc) is 2.77. The molecule has 2 N–H and O–H groups in total. The zero-order valence-electron chi connectivity index (χ0n) is 12.2. The third-order valence-corrected chi connectivity index (χ3v) is 3.80. The molecule has 2 rings (SSSR count). The third kappa shape index (κ3) is 5.82. The van der Waals surface area contributed by atoms with Crippen molar-refractivity contribution in [2.75, 3.05) is 39.3 Å². The van der Waals surface area contributed by atoms with E-state index < -0.39 is 0 Å². The summed E-state index contributed by atoms with van der Waals surface area (Å²) >= 11 is 5.86. The van der Waals surface area contributed by atoms with Gasteiger partial charge in [0, 0.05) is 51.3 Å². The molecule has 21 heavy (non-hydrogen) atoms. The Hall–Kier alpha value is -0.820. The molecule has 120 valence electrons. The van der Waals surface area contributed by atoms with Crippen LogP contribution >= 0.6 is 24.0 Å². The zero-order chi connectivity index (χ0) is 14.4. The van der Waals surface area contributed by atoms with Gasteiger partial charge in [0.25, 0.3) is 0 Å². The van der Waals surface area contributed by atoms with Crippen LogP contribution in [0.15, 0.2) is 4.52 Å². The Morgan fingerprint density at radius 2 is 2.19 bits per heavy atom. The smallest absolute Gasteiger partial charge is 0.229 e. The number of aryl methyl sites for hydroxylation is 1. The van der Waals surface area contributed by atoms with E-state index in [1.54, 1.807) is 0 Å². The first-order chi connectivity index (χ1) is 9.66. The Labute approximate surface area is 136 Å². The van der Waals surface area contributed by atoms with E-state index in [1.807, 2.05) is 6.92 Å². The molecular weight excluding hydrogens is 315 g/mol. The van der Waals surface area contributed by atoms with Gasteiger partial charge in [0.15, 0.2) is 0 Å². The van der Waals surface area contributed by atoms with Crippen LogP contribution in [0.4, 0.5) is 0 Å². The molecule has 6 nitrogen and oxygen atoms in total. The van der Waals surface area contributed by atoms with Crippen molar-refractivity contribution >= 4 is 29.9 Å². The number of aromatic nitrogens is 1. The fourth-order valence-corrected chi connectivity index (χ4v) is 2.52. The lowest BCUT2D eigenvalue weighted by Crippen LogP contribution is -2.46. The summed E-state index contributed by atoms with van der Waals surface area (Å²) in [5.74, 6) is 0.0387. The summed E-state index contributed by atoms with van der Waals surface area (Å²) in [6.45, 7) is 7.57. The van der Waals surface area contributed by atoms with Crippen molar-refractivity contribution in [1.82, 2.24) is 20.7 Å². The molecule has 8 heteroatoms. The molecule has 0 unspecified atom stereocenters. The van der Waals surface area contributed by atoms with Crippen molar-refractivity contribution in [2.45, 2.75) is 19.8 Å². The highest BCUT2D eigenvalue weighted by Crippen LogP contribution is 2.20. The second-order valence-electron chi connectivity index (χ2n) is 4.96. The van der Waals surface area contributed by atoms with Gasteiger partial charge in [-0.25, -0.2) is 0 Å². The molecule has 1 aromatic heterocycles. The van der Waals surface area contributed by atoms with Crippen molar-refractivity contribution in [3.63, 3.8) is 0 Å². The maximum Gasteiger partial charge on any atom is 0.229 e. The molecule has 0 spiro atoms. The molecule has 0 bridgehead atoms. The van der Waals surface area contributed by atoms with Gasteiger partial charge >= 0.3 is 0 Å². The zero-order valence-corrected chi connectivity index (χ0v) is 13.7. The van der Waals surface area contributed by atoms with E-state index in [0.717, 1.165) is 44.0 Å². The van der Waals surface area contributed by atoms with E-state index in [0.29, 0.717) is 19.4 Å². The van der Waals surface area contributed by atoms with Gasteiger partial charge in [0.1, 0.15) is 0 Å². The van der Waals surface area contributed by atoms with Gasteiger partial charge in [-0.1, -0.05) is 5.16 Å². The first kappa shape index (κ1) is 18.2. The van der Waals surface area contributed by atoms with Crippen LogP contribution in [-0.2, 0) is 11.2 Å². The van der Waals surface area contributed by atoms with Gasteiger partial charge < -0.3 is 15.2 Å². The van der Waals surface area contributed by atoms with Crippen molar-refractivity contribution in [1.29, 1.82) is 0 Å². The standard InChI is InChI=1S/C13H21ClN4O2.ClH/c1-10-11(13(14)20-17-10)2-3-12(19)16-6-9-18-7-4-15-5-8-18;/h15H,2-9H2,1H3,(H,16,19);1H. The fourth-order valence-electron chi connectivity index (χ4n) is 2.26. The molecule has 1 amide bonds. The van der Waals surface area contributed by atoms with Gasteiger partial charge in [-0.3, -0.25) is 9.69 Å². The number of hydrogen-bond acceptors (Lipinski definition) is 5. The largest absolute Gasteiger partial charge is 0.355 e. The van der Waals surface area contributed by atoms with Crippen LogP contribution in [0.2, 0.25) is 5.22 Å². The van der Waals surface area contributed by atoms with Crippen molar-refractivity contribution in [3.05, 3.63) is 16.5 Å². The second-order valence-corrected chi connectivity index (χ2v) is 5.31. The van der Waals surface area contributed by atoms with Crippen molar-refractivity contribution in [2.24, 2.45) is 0 Å². The molecule has 0 aliphatic carbocycles. The topological polar surface area (TPSA) is 70.4 Å². The lowest BCUT2D eigenvalue weighted by atomic mass is 10.1. The number of piperazine rings is 1. The summed E-state index contributed by atoms with van der Waals surface area (Å²) in [6, 6.07) is 0. The van der Waals surface area contributed by atoms with E-state index in [-0.39, 0.29) is 23.5 Å². The molecule has 0 saturated carbocycles. The van der Waals surface area contributed by atoms with Gasteiger partial charge in [-0.2, -0.15) is 0 Å². The number of nitrogens with zero attached hydrogens (tertiary/aromatic N) is 2. The number of amides is 1. The van der Waals surface area contributed by atoms with E-state index in [1.165, 1.54) is 0 Å². The number of halogens is 2. The normalized spacial score (nSPS) is 15.5. The van der Waals surface area contributed by atoms with E-state index in [2.05, 4.69) is 20.7 Å². The minimum absolute atomic E-state index is 0. The molecule has 0 aromatic carbocycles. The predicted octanol–water partition coefficient (Wildman–Crippen LogP) is 1.01. The lowest BCUT2D eigenvalue weighted by molar-refractivity contribution is -0.121. The Bertz CT molecular complexity index is 428. The van der Waals surface area contributed by atoms with Crippen LogP contribution in [0.5, 0.6) is 0 Å². The first-order valence-electron chi connectivity index (χ1n) is 6.97. The summed E-state index contributed by atoms with van der Waals surface area (Å²) in [5, 5.41) is 10.3. The molecule has 2 heterocycles. The lowest BCUT2D eigenvalue weighted by Gasteiger charge is -2.27. The summed E-state index contributed by atoms with van der Waals surface area (Å²) < 4.78 is 4.86. The number of nitrogens with one attached hydrogen (secondary N) is 2. The Morgan fingerprint density at radius 3 is 2.81 bits per heavy atom. The van der Waals surface area contributed by atoms with Gasteiger partial charge in [0.2, 0.25) is 11.1 Å². The molecule has 1 saturated heterocycles. The van der Waals surface area contributed by atoms with Gasteiger partial charge in [0.05, 0.1) is 5.69 Å². The Balaban J connectivity index is 0.00000220. The summed E-state index contributed by atoms with van der Waals surface area (Å²) in [4.78, 5) is 14.1. The molecule has 0 atom stereocenters. The highest BCUT2D eigenvalue weighted by atomic mass is 35.5. The van der Waals surface area contributed by atoms with Gasteiger partial charge in [-0.15, -0.1) is 12.4 Å². The van der Waals surface area contributed by atoms with Crippen LogP contribution in [0.25, 0.3) is 0 Å². The number of carbonyl (C=O) groups is 1. The highest BCUT2D eigenvalue weighted by Gasteiger charge is 2.13. The molecule has 1 aromatic rings. The van der Waals surface area contributed by atoms with Crippen LogP contribution in [0, 0.1) is 6.92 Å². The van der Waals surface area contributed by atoms with Gasteiger partial charge in [-0.05, 0) is 24.9 Å². The van der Waals surface area contributed by atoms with Crippen LogP contribution < -0.4 is 10.6 Å². The summed E-state index contributed by atoms with van der Waals surface area (Å²) in [7, 11) is 0. The molecule has 1 fully saturated rings. The minimum Gasteiger partial charge on any atom is -0.355 e. The SMILES string of the molecule is Cc1noc(Cl)c1CCC(=O)NCCN1CCNCC1.Cl. The van der Waals surface area contributed by atoms with Crippen molar-refractivity contribution < 1.29 is 9.32 Å². The highest BCUT2D eigenvalue weighted by molar-refractivity contribution is 6.29. The van der Waals surface area contributed by atoms with Crippen LogP contribution in [0.1, 0.15) is 17.7 Å². The fraction of sp³-hybridized carbons (Fsp3) is 0.692. The second kappa shape index (κ2) is 9.25. The maximum atomic E-state index is 11.8.